The van der Waals surface area contributed by atoms with Crippen molar-refractivity contribution < 1.29 is 0 Å². The molecule has 2 heterocycles. The predicted molar refractivity (Wildman–Crippen MR) is 84.5 cm³/mol. The van der Waals surface area contributed by atoms with Crippen molar-refractivity contribution in [2.75, 3.05) is 5.32 Å². The van der Waals surface area contributed by atoms with E-state index in [9.17, 15) is 0 Å². The molecule has 0 saturated carbocycles. The van der Waals surface area contributed by atoms with Gasteiger partial charge in [0.05, 0.1) is 11.2 Å². The fraction of sp³-hybridized carbons (Fsp3) is 0.0714. The summed E-state index contributed by atoms with van der Waals surface area (Å²) in [6.45, 7) is 1.87. The summed E-state index contributed by atoms with van der Waals surface area (Å²) in [5.74, 6) is 0.683. The van der Waals surface area contributed by atoms with Crippen LogP contribution in [0.2, 0.25) is 5.15 Å². The van der Waals surface area contributed by atoms with Crippen LogP contribution in [0.4, 0.5) is 11.5 Å². The first-order valence-electron chi connectivity index (χ1n) is 5.93. The second-order valence-corrected chi connectivity index (χ2v) is 5.57. The smallest absolute Gasteiger partial charge is 0.138 e. The molecule has 0 unspecified atom stereocenters. The van der Waals surface area contributed by atoms with E-state index >= 15 is 0 Å². The molecule has 0 bridgehead atoms. The monoisotopic (exact) mass is 348 g/mol. The molecule has 1 N–H and O–H groups in total. The summed E-state index contributed by atoms with van der Waals surface area (Å²) < 4.78 is 0.948. The van der Waals surface area contributed by atoms with Crippen molar-refractivity contribution in [2.45, 2.75) is 6.92 Å². The number of fused-ring (bicyclic) bond motifs is 1. The zero-order chi connectivity index (χ0) is 14.1. The van der Waals surface area contributed by atoms with E-state index in [1.54, 1.807) is 6.20 Å². The van der Waals surface area contributed by atoms with Crippen molar-refractivity contribution in [3.63, 3.8) is 0 Å². The lowest BCUT2D eigenvalue weighted by atomic mass is 10.2. The zero-order valence-corrected chi connectivity index (χ0v) is 12.9. The van der Waals surface area contributed by atoms with Crippen molar-refractivity contribution in [2.24, 2.45) is 0 Å². The number of rotatable bonds is 2. The fourth-order valence-corrected chi connectivity index (χ4v) is 2.40. The lowest BCUT2D eigenvalue weighted by Gasteiger charge is -2.10. The van der Waals surface area contributed by atoms with Crippen LogP contribution >= 0.6 is 27.5 Å². The summed E-state index contributed by atoms with van der Waals surface area (Å²) in [7, 11) is 0. The van der Waals surface area contributed by atoms with Gasteiger partial charge in [-0.3, -0.25) is 4.98 Å². The lowest BCUT2D eigenvalue weighted by molar-refractivity contribution is 1.13. The van der Waals surface area contributed by atoms with Crippen molar-refractivity contribution in [1.29, 1.82) is 0 Å². The second-order valence-electron chi connectivity index (χ2n) is 4.29. The quantitative estimate of drug-likeness (QED) is 0.692. The fourth-order valence-electron chi connectivity index (χ4n) is 1.92. The Morgan fingerprint density at radius 3 is 2.90 bits per heavy atom. The molecule has 0 saturated heterocycles. The van der Waals surface area contributed by atoms with Gasteiger partial charge < -0.3 is 5.32 Å². The molecule has 100 valence electrons. The summed E-state index contributed by atoms with van der Waals surface area (Å²) in [5.41, 5.74) is 2.57. The van der Waals surface area contributed by atoms with Gasteiger partial charge in [0.15, 0.2) is 0 Å². The largest absolute Gasteiger partial charge is 0.338 e. The highest BCUT2D eigenvalue weighted by atomic mass is 79.9. The maximum atomic E-state index is 6.01. The third-order valence-electron chi connectivity index (χ3n) is 2.95. The van der Waals surface area contributed by atoms with Crippen LogP contribution in [0, 0.1) is 6.92 Å². The molecule has 0 aliphatic heterocycles. The Morgan fingerprint density at radius 2 is 2.05 bits per heavy atom. The predicted octanol–water partition coefficient (Wildman–Crippen LogP) is 4.49. The van der Waals surface area contributed by atoms with Gasteiger partial charge in [-0.1, -0.05) is 23.7 Å². The van der Waals surface area contributed by atoms with Gasteiger partial charge in [0, 0.05) is 21.6 Å². The number of hydrogen-bond donors (Lipinski definition) is 1. The maximum absolute atomic E-state index is 6.01. The molecule has 2 aromatic heterocycles. The number of pyridine rings is 1. The van der Waals surface area contributed by atoms with Crippen LogP contribution in [0.15, 0.2) is 41.3 Å². The SMILES string of the molecule is Cc1c(Cl)ncnc1Nc1cccc2cc(Br)cnc12. The van der Waals surface area contributed by atoms with Crippen LogP contribution in [0.5, 0.6) is 0 Å². The number of hydrogen-bond acceptors (Lipinski definition) is 4. The van der Waals surface area contributed by atoms with Crippen LogP contribution < -0.4 is 5.32 Å². The summed E-state index contributed by atoms with van der Waals surface area (Å²) in [6, 6.07) is 7.96. The van der Waals surface area contributed by atoms with Crippen LogP contribution in [0.3, 0.4) is 0 Å². The van der Waals surface area contributed by atoms with Gasteiger partial charge >= 0.3 is 0 Å². The molecule has 3 rings (SSSR count). The van der Waals surface area contributed by atoms with Gasteiger partial charge in [-0.2, -0.15) is 0 Å². The van der Waals surface area contributed by atoms with Gasteiger partial charge in [0.2, 0.25) is 0 Å². The van der Waals surface area contributed by atoms with E-state index in [-0.39, 0.29) is 0 Å². The molecule has 3 aromatic rings. The topological polar surface area (TPSA) is 50.7 Å². The van der Waals surface area contributed by atoms with Gasteiger partial charge in [0.25, 0.3) is 0 Å². The molecule has 1 aromatic carbocycles. The number of halogens is 2. The number of para-hydroxylation sites is 1. The second kappa shape index (κ2) is 5.34. The molecule has 0 spiro atoms. The van der Waals surface area contributed by atoms with Crippen molar-refractivity contribution in [3.8, 4) is 0 Å². The average molecular weight is 350 g/mol. The van der Waals surface area contributed by atoms with Crippen molar-refractivity contribution in [1.82, 2.24) is 15.0 Å². The number of nitrogens with zero attached hydrogens (tertiary/aromatic N) is 3. The van der Waals surface area contributed by atoms with Crippen molar-refractivity contribution >= 4 is 49.9 Å². The Hall–Kier alpha value is -1.72. The minimum atomic E-state index is 0.443. The first kappa shape index (κ1) is 13.3. The third-order valence-corrected chi connectivity index (χ3v) is 3.77. The van der Waals surface area contributed by atoms with Gasteiger partial charge in [0.1, 0.15) is 17.3 Å². The normalized spacial score (nSPS) is 10.8. The minimum Gasteiger partial charge on any atom is -0.338 e. The van der Waals surface area contributed by atoms with Gasteiger partial charge in [-0.25, -0.2) is 9.97 Å². The van der Waals surface area contributed by atoms with E-state index in [1.165, 1.54) is 6.33 Å². The molecular weight excluding hydrogens is 340 g/mol. The van der Waals surface area contributed by atoms with Crippen molar-refractivity contribution in [3.05, 3.63) is 52.0 Å². The Labute approximate surface area is 129 Å². The highest BCUT2D eigenvalue weighted by molar-refractivity contribution is 9.10. The highest BCUT2D eigenvalue weighted by Gasteiger charge is 2.08. The summed E-state index contributed by atoms with van der Waals surface area (Å²) in [6.07, 6.45) is 3.21. The van der Waals surface area contributed by atoms with Crippen LogP contribution in [-0.4, -0.2) is 15.0 Å². The summed E-state index contributed by atoms with van der Waals surface area (Å²) in [5, 5.41) is 4.75. The lowest BCUT2D eigenvalue weighted by Crippen LogP contribution is -1.99. The minimum absolute atomic E-state index is 0.443. The molecule has 0 aliphatic rings. The van der Waals surface area contributed by atoms with E-state index in [4.69, 9.17) is 11.6 Å². The van der Waals surface area contributed by atoms with E-state index < -0.39 is 0 Å². The van der Waals surface area contributed by atoms with Gasteiger partial charge in [-0.15, -0.1) is 0 Å². The van der Waals surface area contributed by atoms with Crippen LogP contribution in [0.1, 0.15) is 5.56 Å². The molecule has 20 heavy (non-hydrogen) atoms. The van der Waals surface area contributed by atoms with Gasteiger partial charge in [-0.05, 0) is 35.0 Å². The Kier molecular flexibility index (Phi) is 3.54. The Morgan fingerprint density at radius 1 is 1.20 bits per heavy atom. The summed E-state index contributed by atoms with van der Waals surface area (Å²) in [4.78, 5) is 12.6. The molecule has 6 heteroatoms. The first-order valence-corrected chi connectivity index (χ1v) is 7.10. The van der Waals surface area contributed by atoms with E-state index in [2.05, 4.69) is 36.2 Å². The number of nitrogens with one attached hydrogen (secondary N) is 1. The zero-order valence-electron chi connectivity index (χ0n) is 10.6. The Bertz CT molecular complexity index is 791. The first-order chi connectivity index (χ1) is 9.65. The van der Waals surface area contributed by atoms with Crippen LogP contribution in [0.25, 0.3) is 10.9 Å². The standard InChI is InChI=1S/C14H10BrClN4/c1-8-13(16)18-7-19-14(8)20-11-4-2-3-9-5-10(15)6-17-12(9)11/h2-7H,1H3,(H,18,19,20). The average Bonchev–Trinajstić information content (AvgIpc) is 2.44. The van der Waals surface area contributed by atoms with E-state index in [0.29, 0.717) is 11.0 Å². The van der Waals surface area contributed by atoms with E-state index in [1.807, 2.05) is 31.2 Å². The molecule has 0 fully saturated rings. The summed E-state index contributed by atoms with van der Waals surface area (Å²) >= 11 is 9.43. The Balaban J connectivity index is 2.09. The maximum Gasteiger partial charge on any atom is 0.138 e. The number of aromatic nitrogens is 3. The molecular formula is C14H10BrClN4. The van der Waals surface area contributed by atoms with Crippen LogP contribution in [-0.2, 0) is 0 Å². The number of benzene rings is 1. The molecule has 0 atom stereocenters. The number of anilines is 2. The highest BCUT2D eigenvalue weighted by Crippen LogP contribution is 2.28. The molecule has 0 amide bonds. The molecule has 4 nitrogen and oxygen atoms in total. The molecule has 0 aliphatic carbocycles. The molecule has 0 radical (unpaired) electrons. The van der Waals surface area contributed by atoms with E-state index in [0.717, 1.165) is 26.6 Å². The third kappa shape index (κ3) is 2.46.